The predicted molar refractivity (Wildman–Crippen MR) is 90.4 cm³/mol. The third-order valence-corrected chi connectivity index (χ3v) is 4.08. The molecule has 1 aromatic heterocycles. The van der Waals surface area contributed by atoms with Gasteiger partial charge in [-0.05, 0) is 25.5 Å². The molecule has 7 heteroatoms. The normalized spacial score (nSPS) is 13.7. The van der Waals surface area contributed by atoms with Crippen LogP contribution in [0.5, 0.6) is 0 Å². The molecule has 2 aromatic rings. The summed E-state index contributed by atoms with van der Waals surface area (Å²) >= 11 is 0. The van der Waals surface area contributed by atoms with Gasteiger partial charge in [0.2, 0.25) is 11.7 Å². The largest absolute Gasteiger partial charge is 0.450 e. The van der Waals surface area contributed by atoms with E-state index in [-0.39, 0.29) is 17.5 Å². The van der Waals surface area contributed by atoms with E-state index in [2.05, 4.69) is 0 Å². The van der Waals surface area contributed by atoms with Crippen LogP contribution >= 0.6 is 0 Å². The number of hydrogen-bond acceptors (Lipinski definition) is 6. The maximum absolute atomic E-state index is 12.0. The highest BCUT2D eigenvalue weighted by Crippen LogP contribution is 2.23. The fourth-order valence-corrected chi connectivity index (χ4v) is 2.66. The third-order valence-electron chi connectivity index (χ3n) is 4.08. The molecule has 0 bridgehead atoms. The van der Waals surface area contributed by atoms with Crippen LogP contribution in [-0.4, -0.2) is 41.6 Å². The SMILES string of the molecule is CC(=O)c1ccc(-c2ccc(C(=O)OCC(=O)N3CCCC3=O)o2)cc1. The first-order chi connectivity index (χ1) is 12.5. The zero-order valence-corrected chi connectivity index (χ0v) is 14.2. The summed E-state index contributed by atoms with van der Waals surface area (Å²) in [5.74, 6) is -1.21. The van der Waals surface area contributed by atoms with Crippen LogP contribution < -0.4 is 0 Å². The maximum Gasteiger partial charge on any atom is 0.374 e. The smallest absolute Gasteiger partial charge is 0.374 e. The van der Waals surface area contributed by atoms with Crippen LogP contribution in [0, 0.1) is 0 Å². The minimum atomic E-state index is -0.781. The van der Waals surface area contributed by atoms with E-state index in [9.17, 15) is 19.2 Å². The van der Waals surface area contributed by atoms with Gasteiger partial charge in [-0.1, -0.05) is 24.3 Å². The maximum atomic E-state index is 12.0. The molecule has 0 aliphatic carbocycles. The van der Waals surface area contributed by atoms with Crippen molar-refractivity contribution in [3.8, 4) is 11.3 Å². The number of nitrogens with zero attached hydrogens (tertiary/aromatic N) is 1. The molecule has 1 aliphatic rings. The van der Waals surface area contributed by atoms with Crippen LogP contribution in [0.15, 0.2) is 40.8 Å². The number of furan rings is 1. The first-order valence-electron chi connectivity index (χ1n) is 8.17. The monoisotopic (exact) mass is 355 g/mol. The number of benzene rings is 1. The Labute approximate surface area is 149 Å². The number of Topliss-reactive ketones (excluding diaryl/α,β-unsaturated/α-hetero) is 1. The number of amides is 2. The van der Waals surface area contributed by atoms with E-state index in [4.69, 9.17) is 9.15 Å². The van der Waals surface area contributed by atoms with Crippen LogP contribution in [0.25, 0.3) is 11.3 Å². The van der Waals surface area contributed by atoms with Crippen molar-refractivity contribution in [3.05, 3.63) is 47.7 Å². The Hall–Kier alpha value is -3.22. The van der Waals surface area contributed by atoms with Gasteiger partial charge in [0.1, 0.15) is 5.76 Å². The molecule has 134 valence electrons. The van der Waals surface area contributed by atoms with Gasteiger partial charge in [0.25, 0.3) is 5.91 Å². The second-order valence-corrected chi connectivity index (χ2v) is 5.92. The Morgan fingerprint density at radius 2 is 1.85 bits per heavy atom. The Morgan fingerprint density at radius 1 is 1.12 bits per heavy atom. The molecule has 0 spiro atoms. The molecule has 7 nitrogen and oxygen atoms in total. The first kappa shape index (κ1) is 17.6. The van der Waals surface area contributed by atoms with E-state index >= 15 is 0 Å². The van der Waals surface area contributed by atoms with Gasteiger partial charge in [-0.3, -0.25) is 19.3 Å². The summed E-state index contributed by atoms with van der Waals surface area (Å²) < 4.78 is 10.4. The molecule has 0 saturated carbocycles. The lowest BCUT2D eigenvalue weighted by atomic mass is 10.1. The molecule has 0 unspecified atom stereocenters. The molecule has 3 rings (SSSR count). The Bertz CT molecular complexity index is 864. The lowest BCUT2D eigenvalue weighted by Crippen LogP contribution is -2.35. The van der Waals surface area contributed by atoms with Gasteiger partial charge in [0.05, 0.1) is 0 Å². The number of ether oxygens (including phenoxy) is 1. The van der Waals surface area contributed by atoms with Gasteiger partial charge in [0.15, 0.2) is 12.4 Å². The van der Waals surface area contributed by atoms with Gasteiger partial charge in [-0.25, -0.2) is 4.79 Å². The number of rotatable bonds is 5. The first-order valence-corrected chi connectivity index (χ1v) is 8.17. The van der Waals surface area contributed by atoms with Crippen molar-refractivity contribution in [1.29, 1.82) is 0 Å². The summed E-state index contributed by atoms with van der Waals surface area (Å²) in [5.41, 5.74) is 1.28. The molecule has 1 aromatic carbocycles. The molecule has 0 radical (unpaired) electrons. The van der Waals surface area contributed by atoms with Crippen LogP contribution in [-0.2, 0) is 14.3 Å². The Kier molecular flexibility index (Phi) is 4.97. The second-order valence-electron chi connectivity index (χ2n) is 5.92. The highest BCUT2D eigenvalue weighted by atomic mass is 16.5. The van der Waals surface area contributed by atoms with Gasteiger partial charge in [-0.15, -0.1) is 0 Å². The summed E-state index contributed by atoms with van der Waals surface area (Å²) in [4.78, 5) is 47.8. The molecule has 0 atom stereocenters. The molecule has 0 N–H and O–H groups in total. The van der Waals surface area contributed by atoms with Crippen LogP contribution in [0.4, 0.5) is 0 Å². The quantitative estimate of drug-likeness (QED) is 0.604. The molecule has 2 amide bonds. The van der Waals surface area contributed by atoms with E-state index in [1.807, 2.05) is 0 Å². The molecule has 26 heavy (non-hydrogen) atoms. The topological polar surface area (TPSA) is 93.9 Å². The van der Waals surface area contributed by atoms with Gasteiger partial charge < -0.3 is 9.15 Å². The fourth-order valence-electron chi connectivity index (χ4n) is 2.66. The standard InChI is InChI=1S/C19H17NO6/c1-12(21)13-4-6-14(7-5-13)15-8-9-16(26-15)19(24)25-11-18(23)20-10-2-3-17(20)22/h4-9H,2-3,10-11H2,1H3. The number of carbonyl (C=O) groups is 4. The summed E-state index contributed by atoms with van der Waals surface area (Å²) in [7, 11) is 0. The molecular weight excluding hydrogens is 338 g/mol. The van der Waals surface area contributed by atoms with Gasteiger partial charge in [0, 0.05) is 24.1 Å². The van der Waals surface area contributed by atoms with Crippen molar-refractivity contribution in [3.63, 3.8) is 0 Å². The van der Waals surface area contributed by atoms with Crippen molar-refractivity contribution < 1.29 is 28.3 Å². The summed E-state index contributed by atoms with van der Waals surface area (Å²) in [6, 6.07) is 9.82. The second kappa shape index (κ2) is 7.35. The number of likely N-dealkylation sites (tertiary alicyclic amines) is 1. The summed E-state index contributed by atoms with van der Waals surface area (Å²) in [5, 5.41) is 0. The lowest BCUT2D eigenvalue weighted by Gasteiger charge is -2.12. The van der Waals surface area contributed by atoms with Gasteiger partial charge >= 0.3 is 5.97 Å². The number of ketones is 1. The zero-order valence-electron chi connectivity index (χ0n) is 14.2. The number of esters is 1. The van der Waals surface area contributed by atoms with E-state index in [1.54, 1.807) is 30.3 Å². The highest BCUT2D eigenvalue weighted by Gasteiger charge is 2.27. The predicted octanol–water partition coefficient (Wildman–Crippen LogP) is 2.46. The van der Waals surface area contributed by atoms with E-state index < -0.39 is 18.5 Å². The average molecular weight is 355 g/mol. The van der Waals surface area contributed by atoms with Crippen molar-refractivity contribution in [1.82, 2.24) is 4.90 Å². The van der Waals surface area contributed by atoms with Crippen LogP contribution in [0.2, 0.25) is 0 Å². The third kappa shape index (κ3) is 3.72. The van der Waals surface area contributed by atoms with Gasteiger partial charge in [-0.2, -0.15) is 0 Å². The van der Waals surface area contributed by atoms with E-state index in [0.717, 1.165) is 4.90 Å². The highest BCUT2D eigenvalue weighted by molar-refractivity contribution is 5.98. The van der Waals surface area contributed by atoms with E-state index in [1.165, 1.54) is 13.0 Å². The molecule has 1 fully saturated rings. The number of carbonyl (C=O) groups excluding carboxylic acids is 4. The zero-order chi connectivity index (χ0) is 18.7. The lowest BCUT2D eigenvalue weighted by molar-refractivity contribution is -0.143. The summed E-state index contributed by atoms with van der Waals surface area (Å²) in [6.07, 6.45) is 0.964. The Balaban J connectivity index is 1.61. The van der Waals surface area contributed by atoms with Crippen LogP contribution in [0.3, 0.4) is 0 Å². The fraction of sp³-hybridized carbons (Fsp3) is 0.263. The summed E-state index contributed by atoms with van der Waals surface area (Å²) in [6.45, 7) is 1.33. The van der Waals surface area contributed by atoms with Crippen molar-refractivity contribution in [2.24, 2.45) is 0 Å². The molecule has 2 heterocycles. The number of hydrogen-bond donors (Lipinski definition) is 0. The van der Waals surface area contributed by atoms with E-state index in [0.29, 0.717) is 36.3 Å². The van der Waals surface area contributed by atoms with Crippen LogP contribution in [0.1, 0.15) is 40.7 Å². The minimum absolute atomic E-state index is 0.0404. The number of imide groups is 1. The molecular formula is C19H17NO6. The van der Waals surface area contributed by atoms with Crippen molar-refractivity contribution >= 4 is 23.6 Å². The van der Waals surface area contributed by atoms with Crippen molar-refractivity contribution in [2.75, 3.05) is 13.2 Å². The molecule has 1 saturated heterocycles. The minimum Gasteiger partial charge on any atom is -0.450 e. The molecule has 1 aliphatic heterocycles. The Morgan fingerprint density at radius 3 is 2.46 bits per heavy atom. The van der Waals surface area contributed by atoms with Crippen molar-refractivity contribution in [2.45, 2.75) is 19.8 Å². The average Bonchev–Trinajstić information content (AvgIpc) is 3.28.